The molecule has 0 bridgehead atoms. The van der Waals surface area contributed by atoms with Crippen LogP contribution in [-0.2, 0) is 9.53 Å². The number of urea groups is 1. The number of ether oxygens (including phenoxy) is 1. The Hall–Kier alpha value is -1.96. The number of rotatable bonds is 3. The highest BCUT2D eigenvalue weighted by atomic mass is 79.9. The molecule has 0 aliphatic carbocycles. The van der Waals surface area contributed by atoms with Crippen molar-refractivity contribution in [3.63, 3.8) is 0 Å². The van der Waals surface area contributed by atoms with Crippen LogP contribution in [0.25, 0.3) is 0 Å². The van der Waals surface area contributed by atoms with E-state index in [0.717, 1.165) is 12.1 Å². The number of hydrogen-bond donors (Lipinski definition) is 2. The van der Waals surface area contributed by atoms with Crippen LogP contribution >= 0.6 is 15.9 Å². The van der Waals surface area contributed by atoms with Crippen molar-refractivity contribution in [2.75, 3.05) is 6.61 Å². The predicted molar refractivity (Wildman–Crippen MR) is 62.1 cm³/mol. The molecule has 0 aliphatic heterocycles. The zero-order valence-corrected chi connectivity index (χ0v) is 10.5. The molecule has 6 nitrogen and oxygen atoms in total. The molecule has 96 valence electrons. The summed E-state index contributed by atoms with van der Waals surface area (Å²) in [7, 11) is 0. The number of carbonyl (C=O) groups excluding carboxylic acids is 3. The minimum atomic E-state index is -1.04. The van der Waals surface area contributed by atoms with Crippen molar-refractivity contribution >= 4 is 33.8 Å². The fraction of sp³-hybridized carbons (Fsp3) is 0.100. The largest absolute Gasteiger partial charge is 0.452 e. The summed E-state index contributed by atoms with van der Waals surface area (Å²) in [6.45, 7) is -0.661. The van der Waals surface area contributed by atoms with Crippen molar-refractivity contribution < 1.29 is 23.5 Å². The fourth-order valence-corrected chi connectivity index (χ4v) is 1.55. The Balaban J connectivity index is 2.60. The smallest absolute Gasteiger partial charge is 0.339 e. The number of benzene rings is 1. The van der Waals surface area contributed by atoms with Gasteiger partial charge in [0.15, 0.2) is 6.61 Å². The summed E-state index contributed by atoms with van der Waals surface area (Å²) < 4.78 is 17.6. The van der Waals surface area contributed by atoms with Crippen LogP contribution in [-0.4, -0.2) is 24.5 Å². The molecular weight excluding hydrogens is 311 g/mol. The van der Waals surface area contributed by atoms with E-state index in [1.807, 2.05) is 0 Å². The molecule has 0 radical (unpaired) electrons. The van der Waals surface area contributed by atoms with E-state index >= 15 is 0 Å². The second-order valence-electron chi connectivity index (χ2n) is 3.11. The van der Waals surface area contributed by atoms with E-state index < -0.39 is 30.3 Å². The Labute approximate surface area is 109 Å². The topological polar surface area (TPSA) is 98.5 Å². The number of hydrogen-bond acceptors (Lipinski definition) is 4. The van der Waals surface area contributed by atoms with Crippen molar-refractivity contribution in [3.8, 4) is 0 Å². The lowest BCUT2D eigenvalue weighted by Crippen LogP contribution is -2.37. The number of esters is 1. The molecule has 0 fully saturated rings. The lowest BCUT2D eigenvalue weighted by atomic mass is 10.2. The Bertz CT molecular complexity index is 507. The number of primary amides is 1. The number of nitrogens with one attached hydrogen (secondary N) is 1. The molecule has 0 aromatic heterocycles. The van der Waals surface area contributed by atoms with Crippen molar-refractivity contribution in [3.05, 3.63) is 34.1 Å². The number of amides is 3. The van der Waals surface area contributed by atoms with Crippen molar-refractivity contribution in [2.24, 2.45) is 5.73 Å². The van der Waals surface area contributed by atoms with Crippen LogP contribution in [0.1, 0.15) is 10.4 Å². The van der Waals surface area contributed by atoms with Gasteiger partial charge in [-0.25, -0.2) is 14.0 Å². The number of carbonyl (C=O) groups is 3. The summed E-state index contributed by atoms with van der Waals surface area (Å²) in [5.74, 6) is -2.21. The molecule has 0 saturated carbocycles. The highest BCUT2D eigenvalue weighted by molar-refractivity contribution is 9.10. The summed E-state index contributed by atoms with van der Waals surface area (Å²) in [5.41, 5.74) is 4.75. The summed E-state index contributed by atoms with van der Waals surface area (Å²) in [5, 5.41) is 1.72. The average molecular weight is 319 g/mol. The van der Waals surface area contributed by atoms with Crippen LogP contribution in [0.5, 0.6) is 0 Å². The van der Waals surface area contributed by atoms with Gasteiger partial charge >= 0.3 is 12.0 Å². The van der Waals surface area contributed by atoms with E-state index in [1.54, 1.807) is 5.32 Å². The van der Waals surface area contributed by atoms with Crippen molar-refractivity contribution in [1.29, 1.82) is 0 Å². The third kappa shape index (κ3) is 4.13. The predicted octanol–water partition coefficient (Wildman–Crippen LogP) is 0.940. The van der Waals surface area contributed by atoms with Gasteiger partial charge in [-0.3, -0.25) is 10.1 Å². The molecular formula is C10H8BrFN2O4. The quantitative estimate of drug-likeness (QED) is 0.810. The normalized spacial score (nSPS) is 9.67. The Kier molecular flexibility index (Phi) is 4.78. The summed E-state index contributed by atoms with van der Waals surface area (Å²) in [4.78, 5) is 32.8. The van der Waals surface area contributed by atoms with E-state index in [9.17, 15) is 18.8 Å². The molecule has 3 N–H and O–H groups in total. The van der Waals surface area contributed by atoms with Gasteiger partial charge in [0.1, 0.15) is 5.82 Å². The molecule has 1 aromatic carbocycles. The Morgan fingerprint density at radius 2 is 2.06 bits per heavy atom. The molecule has 0 heterocycles. The zero-order chi connectivity index (χ0) is 13.7. The SMILES string of the molecule is NC(=O)NC(=O)COC(=O)c1ccc(F)cc1Br. The Morgan fingerprint density at radius 3 is 2.61 bits per heavy atom. The van der Waals surface area contributed by atoms with Gasteiger partial charge in [0, 0.05) is 4.47 Å². The van der Waals surface area contributed by atoms with Crippen LogP contribution in [0.15, 0.2) is 22.7 Å². The molecule has 1 rings (SSSR count). The molecule has 0 saturated heterocycles. The lowest BCUT2D eigenvalue weighted by molar-refractivity contribution is -0.123. The van der Waals surface area contributed by atoms with Crippen LogP contribution in [0.4, 0.5) is 9.18 Å². The van der Waals surface area contributed by atoms with Crippen LogP contribution < -0.4 is 11.1 Å². The fourth-order valence-electron chi connectivity index (χ4n) is 1.04. The highest BCUT2D eigenvalue weighted by Crippen LogP contribution is 2.18. The van der Waals surface area contributed by atoms with Gasteiger partial charge in [-0.2, -0.15) is 0 Å². The zero-order valence-electron chi connectivity index (χ0n) is 8.91. The monoisotopic (exact) mass is 318 g/mol. The molecule has 3 amide bonds. The van der Waals surface area contributed by atoms with Gasteiger partial charge in [-0.1, -0.05) is 0 Å². The first kappa shape index (κ1) is 14.1. The lowest BCUT2D eigenvalue weighted by Gasteiger charge is -2.05. The minimum Gasteiger partial charge on any atom is -0.452 e. The van der Waals surface area contributed by atoms with Crippen LogP contribution in [0, 0.1) is 5.82 Å². The van der Waals surface area contributed by atoms with Crippen molar-refractivity contribution in [2.45, 2.75) is 0 Å². The average Bonchev–Trinajstić information content (AvgIpc) is 2.25. The molecule has 1 aromatic rings. The number of imide groups is 1. The van der Waals surface area contributed by atoms with Gasteiger partial charge in [-0.15, -0.1) is 0 Å². The molecule has 0 unspecified atom stereocenters. The molecule has 8 heteroatoms. The van der Waals surface area contributed by atoms with Gasteiger partial charge in [-0.05, 0) is 34.1 Å². The number of halogens is 2. The molecule has 0 atom stereocenters. The Morgan fingerprint density at radius 1 is 1.39 bits per heavy atom. The van der Waals surface area contributed by atoms with Crippen LogP contribution in [0.2, 0.25) is 0 Å². The van der Waals surface area contributed by atoms with E-state index in [1.165, 1.54) is 6.07 Å². The van der Waals surface area contributed by atoms with Gasteiger partial charge in [0.05, 0.1) is 5.56 Å². The van der Waals surface area contributed by atoms with E-state index in [4.69, 9.17) is 5.73 Å². The van der Waals surface area contributed by atoms with E-state index in [2.05, 4.69) is 20.7 Å². The third-order valence-electron chi connectivity index (χ3n) is 1.75. The van der Waals surface area contributed by atoms with E-state index in [0.29, 0.717) is 0 Å². The second-order valence-corrected chi connectivity index (χ2v) is 3.97. The molecule has 0 spiro atoms. The molecule has 0 aliphatic rings. The maximum Gasteiger partial charge on any atom is 0.339 e. The molecule has 18 heavy (non-hydrogen) atoms. The maximum absolute atomic E-state index is 12.8. The maximum atomic E-state index is 12.8. The standard InChI is InChI=1S/C10H8BrFN2O4/c11-7-3-5(12)1-2-6(7)9(16)18-4-8(15)14-10(13)17/h1-3H,4H2,(H3,13,14,15,17). The van der Waals surface area contributed by atoms with Gasteiger partial charge < -0.3 is 10.5 Å². The summed E-state index contributed by atoms with van der Waals surface area (Å²) >= 11 is 2.98. The highest BCUT2D eigenvalue weighted by Gasteiger charge is 2.14. The van der Waals surface area contributed by atoms with Gasteiger partial charge in [0.2, 0.25) is 0 Å². The third-order valence-corrected chi connectivity index (χ3v) is 2.40. The summed E-state index contributed by atoms with van der Waals surface area (Å²) in [6.07, 6.45) is 0. The number of nitrogens with two attached hydrogens (primary N) is 1. The first-order valence-electron chi connectivity index (χ1n) is 4.61. The van der Waals surface area contributed by atoms with E-state index in [-0.39, 0.29) is 10.0 Å². The first-order valence-corrected chi connectivity index (χ1v) is 5.41. The van der Waals surface area contributed by atoms with Crippen molar-refractivity contribution in [1.82, 2.24) is 5.32 Å². The minimum absolute atomic E-state index is 0.0586. The van der Waals surface area contributed by atoms with Crippen LogP contribution in [0.3, 0.4) is 0 Å². The summed E-state index contributed by atoms with van der Waals surface area (Å²) in [6, 6.07) is 2.32. The van der Waals surface area contributed by atoms with Gasteiger partial charge in [0.25, 0.3) is 5.91 Å². The second kappa shape index (κ2) is 6.10. The first-order chi connectivity index (χ1) is 8.40.